The SMILES string of the molecule is CC[C@@H](C)CN(CC(=O)N1CCc2sccc2[C@@H]1COc1ccc(Cl)c(C)c1)S(=O)(=O)c1ccc(OC)cc1. The number of hydrogen-bond donors (Lipinski definition) is 0. The van der Waals surface area contributed by atoms with Crippen molar-refractivity contribution in [1.29, 1.82) is 0 Å². The van der Waals surface area contributed by atoms with Gasteiger partial charge >= 0.3 is 0 Å². The van der Waals surface area contributed by atoms with Crippen molar-refractivity contribution in [2.24, 2.45) is 5.92 Å². The molecule has 39 heavy (non-hydrogen) atoms. The van der Waals surface area contributed by atoms with E-state index in [0.29, 0.717) is 23.1 Å². The molecule has 1 aliphatic rings. The molecule has 0 N–H and O–H groups in total. The number of amides is 1. The molecule has 3 aromatic rings. The maximum atomic E-state index is 13.8. The van der Waals surface area contributed by atoms with E-state index in [4.69, 9.17) is 21.1 Å². The van der Waals surface area contributed by atoms with Crippen LogP contribution in [0.3, 0.4) is 0 Å². The zero-order valence-corrected chi connectivity index (χ0v) is 25.1. The highest BCUT2D eigenvalue weighted by molar-refractivity contribution is 7.89. The van der Waals surface area contributed by atoms with E-state index >= 15 is 0 Å². The molecule has 0 unspecified atom stereocenters. The van der Waals surface area contributed by atoms with Crippen molar-refractivity contribution >= 4 is 38.9 Å². The predicted molar refractivity (Wildman–Crippen MR) is 155 cm³/mol. The Bertz CT molecular complexity index is 1390. The lowest BCUT2D eigenvalue weighted by Crippen LogP contribution is -2.48. The molecule has 2 atom stereocenters. The number of benzene rings is 2. The molecule has 210 valence electrons. The zero-order valence-electron chi connectivity index (χ0n) is 22.7. The van der Waals surface area contributed by atoms with E-state index in [1.54, 1.807) is 34.4 Å². The summed E-state index contributed by atoms with van der Waals surface area (Å²) in [6.45, 7) is 6.68. The molecule has 0 aliphatic carbocycles. The number of aryl methyl sites for hydroxylation is 1. The topological polar surface area (TPSA) is 76.2 Å². The Morgan fingerprint density at radius 2 is 1.90 bits per heavy atom. The average molecular weight is 591 g/mol. The standard InChI is InChI=1S/C29H35ClN2O5S2/c1-5-20(2)17-31(39(34,35)24-9-6-22(36-4)7-10-24)18-29(33)32-14-12-28-25(13-15-38-28)27(32)19-37-23-8-11-26(30)21(3)16-23/h6-11,13,15-16,20,27H,5,12,14,17-19H2,1-4H3/t20-,27+/m1/s1. The van der Waals surface area contributed by atoms with Gasteiger partial charge in [-0.1, -0.05) is 31.9 Å². The van der Waals surface area contributed by atoms with E-state index < -0.39 is 10.0 Å². The third-order valence-electron chi connectivity index (χ3n) is 7.17. The highest BCUT2D eigenvalue weighted by Crippen LogP contribution is 2.35. The van der Waals surface area contributed by atoms with E-state index in [1.165, 1.54) is 28.4 Å². The van der Waals surface area contributed by atoms with Crippen LogP contribution in [0.1, 0.15) is 42.3 Å². The van der Waals surface area contributed by atoms with Gasteiger partial charge in [0.05, 0.1) is 24.6 Å². The minimum Gasteiger partial charge on any atom is -0.497 e. The summed E-state index contributed by atoms with van der Waals surface area (Å²) in [6.07, 6.45) is 1.52. The minimum absolute atomic E-state index is 0.0860. The van der Waals surface area contributed by atoms with Crippen LogP contribution in [0.4, 0.5) is 0 Å². The first-order valence-electron chi connectivity index (χ1n) is 13.0. The van der Waals surface area contributed by atoms with Gasteiger partial charge < -0.3 is 14.4 Å². The van der Waals surface area contributed by atoms with Gasteiger partial charge in [0.15, 0.2) is 0 Å². The number of thiophene rings is 1. The molecule has 0 saturated carbocycles. The van der Waals surface area contributed by atoms with Gasteiger partial charge in [0.1, 0.15) is 18.1 Å². The molecule has 10 heteroatoms. The summed E-state index contributed by atoms with van der Waals surface area (Å²) < 4.78 is 40.0. The fraction of sp³-hybridized carbons (Fsp3) is 0.414. The number of hydrogen-bond acceptors (Lipinski definition) is 6. The summed E-state index contributed by atoms with van der Waals surface area (Å²) >= 11 is 7.84. The number of nitrogens with zero attached hydrogens (tertiary/aromatic N) is 2. The number of carbonyl (C=O) groups is 1. The van der Waals surface area contributed by atoms with Crippen LogP contribution < -0.4 is 9.47 Å². The van der Waals surface area contributed by atoms with Crippen LogP contribution in [0.25, 0.3) is 0 Å². The molecule has 1 aromatic heterocycles. The zero-order chi connectivity index (χ0) is 28.2. The van der Waals surface area contributed by atoms with Crippen LogP contribution in [-0.4, -0.2) is 56.9 Å². The minimum atomic E-state index is -3.91. The number of rotatable bonds is 11. The summed E-state index contributed by atoms with van der Waals surface area (Å²) in [7, 11) is -2.38. The lowest BCUT2D eigenvalue weighted by atomic mass is 10.0. The van der Waals surface area contributed by atoms with Crippen molar-refractivity contribution in [3.8, 4) is 11.5 Å². The number of ether oxygens (including phenoxy) is 2. The van der Waals surface area contributed by atoms with E-state index in [2.05, 4.69) is 0 Å². The van der Waals surface area contributed by atoms with Crippen LogP contribution >= 0.6 is 22.9 Å². The van der Waals surface area contributed by atoms with Crippen molar-refractivity contribution in [3.05, 3.63) is 74.9 Å². The highest BCUT2D eigenvalue weighted by atomic mass is 35.5. The summed E-state index contributed by atoms with van der Waals surface area (Å²) in [4.78, 5) is 17.0. The molecule has 1 amide bonds. The molecule has 0 bridgehead atoms. The average Bonchev–Trinajstić information content (AvgIpc) is 3.42. The van der Waals surface area contributed by atoms with Crippen LogP contribution in [0.2, 0.25) is 5.02 Å². The maximum Gasteiger partial charge on any atom is 0.243 e. The molecule has 1 aliphatic heterocycles. The second kappa shape index (κ2) is 12.7. The predicted octanol–water partition coefficient (Wildman–Crippen LogP) is 5.96. The molecule has 7 nitrogen and oxygen atoms in total. The number of halogens is 1. The van der Waals surface area contributed by atoms with Gasteiger partial charge in [0, 0.05) is 23.0 Å². The van der Waals surface area contributed by atoms with Gasteiger partial charge in [-0.15, -0.1) is 11.3 Å². The first-order valence-corrected chi connectivity index (χ1v) is 15.7. The molecule has 2 heterocycles. The van der Waals surface area contributed by atoms with Gasteiger partial charge in [-0.05, 0) is 84.3 Å². The Balaban J connectivity index is 1.58. The van der Waals surface area contributed by atoms with Crippen molar-refractivity contribution in [1.82, 2.24) is 9.21 Å². The normalized spacial score (nSPS) is 16.2. The Morgan fingerprint density at radius 1 is 1.18 bits per heavy atom. The molecule has 0 fully saturated rings. The van der Waals surface area contributed by atoms with Gasteiger partial charge in [0.25, 0.3) is 0 Å². The second-order valence-corrected chi connectivity index (χ2v) is 13.2. The van der Waals surface area contributed by atoms with Crippen molar-refractivity contribution < 1.29 is 22.7 Å². The monoisotopic (exact) mass is 590 g/mol. The Kier molecular flexibility index (Phi) is 9.59. The van der Waals surface area contributed by atoms with Gasteiger partial charge in [-0.3, -0.25) is 4.79 Å². The first-order chi connectivity index (χ1) is 18.6. The fourth-order valence-electron chi connectivity index (χ4n) is 4.62. The van der Waals surface area contributed by atoms with Gasteiger partial charge in [-0.2, -0.15) is 4.31 Å². The van der Waals surface area contributed by atoms with Gasteiger partial charge in [-0.25, -0.2) is 8.42 Å². The first kappa shape index (κ1) is 29.4. The quantitative estimate of drug-likeness (QED) is 0.275. The fourth-order valence-corrected chi connectivity index (χ4v) is 7.17. The van der Waals surface area contributed by atoms with E-state index in [-0.39, 0.29) is 42.5 Å². The van der Waals surface area contributed by atoms with E-state index in [0.717, 1.165) is 24.0 Å². The van der Waals surface area contributed by atoms with Crippen molar-refractivity contribution in [3.63, 3.8) is 0 Å². The molecule has 4 rings (SSSR count). The number of sulfonamides is 1. The summed E-state index contributed by atoms with van der Waals surface area (Å²) in [5.41, 5.74) is 1.96. The van der Waals surface area contributed by atoms with Crippen LogP contribution in [0.15, 0.2) is 58.8 Å². The summed E-state index contributed by atoms with van der Waals surface area (Å²) in [5, 5.41) is 2.69. The maximum absolute atomic E-state index is 13.8. The molecule has 0 saturated heterocycles. The molecule has 0 spiro atoms. The lowest BCUT2D eigenvalue weighted by molar-refractivity contribution is -0.135. The third-order valence-corrected chi connectivity index (χ3v) is 10.4. The van der Waals surface area contributed by atoms with E-state index in [9.17, 15) is 13.2 Å². The van der Waals surface area contributed by atoms with Gasteiger partial charge in [0.2, 0.25) is 15.9 Å². The Labute approximate surface area is 240 Å². The molecule has 2 aromatic carbocycles. The van der Waals surface area contributed by atoms with Crippen LogP contribution in [0.5, 0.6) is 11.5 Å². The molecule has 0 radical (unpaired) electrons. The number of fused-ring (bicyclic) bond motifs is 1. The van der Waals surface area contributed by atoms with Crippen LogP contribution in [-0.2, 0) is 21.2 Å². The molecular formula is C29H35ClN2O5S2. The van der Waals surface area contributed by atoms with E-state index in [1.807, 2.05) is 44.4 Å². The third kappa shape index (κ3) is 6.77. The second-order valence-electron chi connectivity index (χ2n) is 9.86. The lowest BCUT2D eigenvalue weighted by Gasteiger charge is -2.37. The largest absolute Gasteiger partial charge is 0.497 e. The summed E-state index contributed by atoms with van der Waals surface area (Å²) in [5.74, 6) is 1.08. The number of methoxy groups -OCH3 is 1. The summed E-state index contributed by atoms with van der Waals surface area (Å²) in [6, 6.07) is 13.5. The van der Waals surface area contributed by atoms with Crippen molar-refractivity contribution in [2.45, 2.75) is 44.6 Å². The number of carbonyl (C=O) groups excluding carboxylic acids is 1. The smallest absolute Gasteiger partial charge is 0.243 e. The van der Waals surface area contributed by atoms with Crippen molar-refractivity contribution in [2.75, 3.05) is 33.4 Å². The Morgan fingerprint density at radius 3 is 2.56 bits per heavy atom. The molecular weight excluding hydrogens is 556 g/mol. The Hall–Kier alpha value is -2.59. The highest BCUT2D eigenvalue weighted by Gasteiger charge is 2.35. The van der Waals surface area contributed by atoms with Crippen LogP contribution in [0, 0.1) is 12.8 Å².